The molecule has 5 nitrogen and oxygen atoms in total. The molecule has 0 spiro atoms. The van der Waals surface area contributed by atoms with Gasteiger partial charge in [0.2, 0.25) is 0 Å². The molecule has 0 atom stereocenters. The first kappa shape index (κ1) is 17.4. The Morgan fingerprint density at radius 2 is 1.60 bits per heavy atom. The Balaban J connectivity index is 1.72. The number of carbonyl (C=O) groups excluding carboxylic acids is 2. The van der Waals surface area contributed by atoms with Crippen molar-refractivity contribution in [2.75, 3.05) is 18.4 Å². The monoisotopic (exact) mass is 357 g/mol. The normalized spacial score (nSPS) is 14.7. The summed E-state index contributed by atoms with van der Waals surface area (Å²) in [6.45, 7) is 1.53. The lowest BCUT2D eigenvalue weighted by atomic mass is 10.1. The predicted molar refractivity (Wildman–Crippen MR) is 98.0 cm³/mol. The van der Waals surface area contributed by atoms with E-state index >= 15 is 0 Å². The summed E-state index contributed by atoms with van der Waals surface area (Å²) >= 11 is 5.84. The van der Waals surface area contributed by atoms with Crippen molar-refractivity contribution in [3.8, 4) is 0 Å². The number of hydrogen-bond acceptors (Lipinski definition) is 3. The molecule has 25 heavy (non-hydrogen) atoms. The first-order valence-corrected chi connectivity index (χ1v) is 8.82. The van der Waals surface area contributed by atoms with E-state index in [-0.39, 0.29) is 11.8 Å². The van der Waals surface area contributed by atoms with E-state index in [1.165, 1.54) is 12.4 Å². The zero-order chi connectivity index (χ0) is 17.6. The number of nitrogens with zero attached hydrogens (tertiary/aromatic N) is 2. The van der Waals surface area contributed by atoms with E-state index < -0.39 is 0 Å². The number of likely N-dealkylation sites (tertiary alicyclic amines) is 1. The molecule has 0 aliphatic carbocycles. The van der Waals surface area contributed by atoms with Crippen molar-refractivity contribution < 1.29 is 9.59 Å². The topological polar surface area (TPSA) is 62.3 Å². The van der Waals surface area contributed by atoms with Crippen LogP contribution in [0, 0.1) is 0 Å². The number of anilines is 1. The molecular formula is C19H20ClN3O2. The Bertz CT molecular complexity index is 754. The molecular weight excluding hydrogens is 338 g/mol. The molecule has 1 fully saturated rings. The maximum absolute atomic E-state index is 12.7. The Morgan fingerprint density at radius 3 is 2.28 bits per heavy atom. The number of benzene rings is 1. The van der Waals surface area contributed by atoms with Crippen LogP contribution in [0.1, 0.15) is 46.4 Å². The first-order chi connectivity index (χ1) is 12.1. The molecule has 0 bridgehead atoms. The number of nitrogens with one attached hydrogen (secondary N) is 1. The lowest BCUT2D eigenvalue weighted by Gasteiger charge is -2.20. The van der Waals surface area contributed by atoms with Gasteiger partial charge in [0.05, 0.1) is 11.1 Å². The highest BCUT2D eigenvalue weighted by atomic mass is 35.5. The number of pyridine rings is 1. The maximum Gasteiger partial charge on any atom is 0.257 e. The van der Waals surface area contributed by atoms with Crippen LogP contribution in [0.4, 0.5) is 5.69 Å². The van der Waals surface area contributed by atoms with Gasteiger partial charge in [-0.2, -0.15) is 0 Å². The predicted octanol–water partition coefficient (Wildman–Crippen LogP) is 4.00. The Labute approximate surface area is 152 Å². The minimum Gasteiger partial charge on any atom is -0.339 e. The number of carbonyl (C=O) groups is 2. The second kappa shape index (κ2) is 8.12. The smallest absolute Gasteiger partial charge is 0.257 e. The van der Waals surface area contributed by atoms with Crippen LogP contribution in [-0.2, 0) is 0 Å². The van der Waals surface area contributed by atoms with E-state index in [2.05, 4.69) is 10.3 Å². The fourth-order valence-electron chi connectivity index (χ4n) is 2.87. The second-order valence-corrected chi connectivity index (χ2v) is 6.57. The van der Waals surface area contributed by atoms with Gasteiger partial charge < -0.3 is 10.2 Å². The highest BCUT2D eigenvalue weighted by molar-refractivity contribution is 6.30. The molecule has 1 saturated heterocycles. The van der Waals surface area contributed by atoms with Gasteiger partial charge in [-0.1, -0.05) is 24.4 Å². The Morgan fingerprint density at radius 1 is 0.960 bits per heavy atom. The third-order valence-electron chi connectivity index (χ3n) is 4.24. The van der Waals surface area contributed by atoms with Gasteiger partial charge >= 0.3 is 0 Å². The van der Waals surface area contributed by atoms with Gasteiger partial charge in [0.25, 0.3) is 11.8 Å². The zero-order valence-electron chi connectivity index (χ0n) is 13.9. The summed E-state index contributed by atoms with van der Waals surface area (Å²) < 4.78 is 0. The van der Waals surface area contributed by atoms with Gasteiger partial charge in [0, 0.05) is 36.2 Å². The fraction of sp³-hybridized carbons (Fsp3) is 0.316. The average molecular weight is 358 g/mol. The summed E-state index contributed by atoms with van der Waals surface area (Å²) in [4.78, 5) is 31.0. The molecule has 1 aromatic carbocycles. The van der Waals surface area contributed by atoms with Crippen LogP contribution in [-0.4, -0.2) is 34.8 Å². The molecule has 2 aromatic rings. The third-order valence-corrected chi connectivity index (χ3v) is 4.49. The summed E-state index contributed by atoms with van der Waals surface area (Å²) in [5, 5.41) is 3.38. The summed E-state index contributed by atoms with van der Waals surface area (Å²) in [5.41, 5.74) is 1.44. The van der Waals surface area contributed by atoms with Gasteiger partial charge in [0.1, 0.15) is 0 Å². The largest absolute Gasteiger partial charge is 0.339 e. The highest BCUT2D eigenvalue weighted by Gasteiger charge is 2.19. The van der Waals surface area contributed by atoms with E-state index in [0.717, 1.165) is 38.8 Å². The number of rotatable bonds is 3. The molecule has 0 radical (unpaired) electrons. The Kier molecular flexibility index (Phi) is 5.66. The molecule has 0 unspecified atom stereocenters. The van der Waals surface area contributed by atoms with Crippen molar-refractivity contribution in [3.63, 3.8) is 0 Å². The van der Waals surface area contributed by atoms with Crippen LogP contribution < -0.4 is 5.32 Å². The zero-order valence-corrected chi connectivity index (χ0v) is 14.6. The fourth-order valence-corrected chi connectivity index (χ4v) is 3.00. The lowest BCUT2D eigenvalue weighted by Crippen LogP contribution is -2.32. The second-order valence-electron chi connectivity index (χ2n) is 6.13. The summed E-state index contributed by atoms with van der Waals surface area (Å²) in [6, 6.07) is 8.45. The van der Waals surface area contributed by atoms with Gasteiger partial charge in [-0.25, -0.2) is 0 Å². The van der Waals surface area contributed by atoms with Crippen LogP contribution in [0.15, 0.2) is 42.7 Å². The van der Waals surface area contributed by atoms with Crippen molar-refractivity contribution in [3.05, 3.63) is 58.9 Å². The van der Waals surface area contributed by atoms with Crippen molar-refractivity contribution in [2.45, 2.75) is 25.7 Å². The molecule has 1 aliphatic rings. The molecule has 1 aliphatic heterocycles. The molecule has 6 heteroatoms. The molecule has 1 N–H and O–H groups in total. The van der Waals surface area contributed by atoms with Crippen LogP contribution in [0.3, 0.4) is 0 Å². The lowest BCUT2D eigenvalue weighted by molar-refractivity contribution is 0.0761. The van der Waals surface area contributed by atoms with Crippen molar-refractivity contribution >= 4 is 29.1 Å². The van der Waals surface area contributed by atoms with Crippen LogP contribution in [0.5, 0.6) is 0 Å². The van der Waals surface area contributed by atoms with E-state index in [9.17, 15) is 9.59 Å². The average Bonchev–Trinajstić information content (AvgIpc) is 2.92. The SMILES string of the molecule is O=C(Nc1ccc(Cl)cc1)c1cncc(C(=O)N2CCCCCC2)c1. The number of amides is 2. The summed E-state index contributed by atoms with van der Waals surface area (Å²) in [6.07, 6.45) is 7.35. The van der Waals surface area contributed by atoms with Crippen LogP contribution in [0.25, 0.3) is 0 Å². The van der Waals surface area contributed by atoms with Gasteiger partial charge in [-0.3, -0.25) is 14.6 Å². The molecule has 0 saturated carbocycles. The number of halogens is 1. The number of aromatic nitrogens is 1. The minimum atomic E-state index is -0.305. The number of hydrogen-bond donors (Lipinski definition) is 1. The van der Waals surface area contributed by atoms with Crippen LogP contribution >= 0.6 is 11.6 Å². The minimum absolute atomic E-state index is 0.0597. The van der Waals surface area contributed by atoms with Crippen molar-refractivity contribution in [2.24, 2.45) is 0 Å². The van der Waals surface area contributed by atoms with E-state index in [1.807, 2.05) is 4.90 Å². The van der Waals surface area contributed by atoms with E-state index in [4.69, 9.17) is 11.6 Å². The van der Waals surface area contributed by atoms with Crippen molar-refractivity contribution in [1.29, 1.82) is 0 Å². The van der Waals surface area contributed by atoms with E-state index in [1.54, 1.807) is 30.3 Å². The quantitative estimate of drug-likeness (QED) is 0.902. The van der Waals surface area contributed by atoms with Crippen LogP contribution in [0.2, 0.25) is 5.02 Å². The third kappa shape index (κ3) is 4.57. The molecule has 130 valence electrons. The molecule has 3 rings (SSSR count). The van der Waals surface area contributed by atoms with Gasteiger partial charge in [0.15, 0.2) is 0 Å². The highest BCUT2D eigenvalue weighted by Crippen LogP contribution is 2.16. The van der Waals surface area contributed by atoms with E-state index in [0.29, 0.717) is 21.8 Å². The standard InChI is InChI=1S/C19H20ClN3O2/c20-16-5-7-17(8-6-16)22-18(24)14-11-15(13-21-12-14)19(25)23-9-3-1-2-4-10-23/h5-8,11-13H,1-4,9-10H2,(H,22,24). The van der Waals surface area contributed by atoms with Gasteiger partial charge in [-0.15, -0.1) is 0 Å². The van der Waals surface area contributed by atoms with Crippen molar-refractivity contribution in [1.82, 2.24) is 9.88 Å². The summed E-state index contributed by atoms with van der Waals surface area (Å²) in [7, 11) is 0. The maximum atomic E-state index is 12.7. The molecule has 2 heterocycles. The molecule has 2 amide bonds. The van der Waals surface area contributed by atoms with Gasteiger partial charge in [-0.05, 0) is 43.2 Å². The Hall–Kier alpha value is -2.40. The first-order valence-electron chi connectivity index (χ1n) is 8.45. The summed E-state index contributed by atoms with van der Waals surface area (Å²) in [5.74, 6) is -0.365. The molecule has 1 aromatic heterocycles.